The monoisotopic (exact) mass is 380 g/mol. The van der Waals surface area contributed by atoms with E-state index in [0.29, 0.717) is 26.6 Å². The van der Waals surface area contributed by atoms with E-state index in [1.54, 1.807) is 6.20 Å². The highest BCUT2D eigenvalue weighted by Gasteiger charge is 2.33. The molecule has 4 heterocycles. The van der Waals surface area contributed by atoms with Crippen LogP contribution in [0.15, 0.2) is 46.7 Å². The van der Waals surface area contributed by atoms with Gasteiger partial charge in [0.25, 0.3) is 0 Å². The summed E-state index contributed by atoms with van der Waals surface area (Å²) in [7, 11) is 0. The fraction of sp³-hybridized carbons (Fsp3) is 0.0588. The van der Waals surface area contributed by atoms with E-state index in [1.165, 1.54) is 11.3 Å². The van der Waals surface area contributed by atoms with E-state index < -0.39 is 0 Å². The van der Waals surface area contributed by atoms with E-state index in [9.17, 15) is 5.26 Å². The van der Waals surface area contributed by atoms with E-state index in [4.69, 9.17) is 16.2 Å². The lowest BCUT2D eigenvalue weighted by Crippen LogP contribution is -2.16. The summed E-state index contributed by atoms with van der Waals surface area (Å²) in [5.74, 6) is 0.392. The molecule has 4 aromatic rings. The Labute approximate surface area is 155 Å². The highest BCUT2D eigenvalue weighted by Crippen LogP contribution is 2.45. The van der Waals surface area contributed by atoms with Gasteiger partial charge in [-0.05, 0) is 34.1 Å². The van der Waals surface area contributed by atoms with Crippen LogP contribution in [-0.4, -0.2) is 20.5 Å². The van der Waals surface area contributed by atoms with Crippen molar-refractivity contribution in [1.82, 2.24) is 20.5 Å². The van der Waals surface area contributed by atoms with Crippen molar-refractivity contribution < 1.29 is 4.63 Å². The van der Waals surface area contributed by atoms with Gasteiger partial charge in [0, 0.05) is 5.56 Å². The maximum absolute atomic E-state index is 9.98. The molecule has 0 spiro atoms. The second-order valence-corrected chi connectivity index (χ2v) is 7.46. The molecule has 1 unspecified atom stereocenters. The van der Waals surface area contributed by atoms with Gasteiger partial charge in [-0.2, -0.15) is 10.4 Å². The van der Waals surface area contributed by atoms with Crippen LogP contribution in [0, 0.1) is 11.3 Å². The van der Waals surface area contributed by atoms with Crippen LogP contribution >= 0.6 is 22.9 Å². The number of anilines is 1. The smallest absolute Gasteiger partial charge is 0.139 e. The fourth-order valence-corrected chi connectivity index (χ4v) is 4.31. The van der Waals surface area contributed by atoms with Crippen molar-refractivity contribution in [2.24, 2.45) is 0 Å². The number of rotatable bonds is 2. The molecule has 0 radical (unpaired) electrons. The average molecular weight is 381 g/mol. The Morgan fingerprint density at radius 3 is 2.92 bits per heavy atom. The summed E-state index contributed by atoms with van der Waals surface area (Å²) in [4.78, 5) is 0.877. The molecule has 0 amide bonds. The Morgan fingerprint density at radius 1 is 1.19 bits per heavy atom. The Balaban J connectivity index is 1.80. The van der Waals surface area contributed by atoms with Crippen molar-refractivity contribution in [2.75, 3.05) is 5.32 Å². The van der Waals surface area contributed by atoms with Gasteiger partial charge in [0.05, 0.1) is 38.7 Å². The second-order valence-electron chi connectivity index (χ2n) is 5.74. The first kappa shape index (κ1) is 15.1. The van der Waals surface area contributed by atoms with Crippen molar-refractivity contribution >= 4 is 45.5 Å². The first-order valence-corrected chi connectivity index (χ1v) is 8.87. The van der Waals surface area contributed by atoms with Crippen LogP contribution in [0.3, 0.4) is 0 Å². The molecular weight excluding hydrogens is 372 g/mol. The van der Waals surface area contributed by atoms with Crippen molar-refractivity contribution in [3.63, 3.8) is 0 Å². The molecule has 1 aromatic carbocycles. The number of nitrogens with one attached hydrogen (secondary N) is 2. The van der Waals surface area contributed by atoms with E-state index in [2.05, 4.69) is 31.9 Å². The van der Waals surface area contributed by atoms with Gasteiger partial charge in [0.15, 0.2) is 0 Å². The predicted molar refractivity (Wildman–Crippen MR) is 97.7 cm³/mol. The first-order chi connectivity index (χ1) is 12.8. The van der Waals surface area contributed by atoms with E-state index >= 15 is 0 Å². The largest absolute Gasteiger partial charge is 0.338 e. The molecule has 5 rings (SSSR count). The minimum atomic E-state index is -0.346. The number of hydrogen-bond donors (Lipinski definition) is 2. The van der Waals surface area contributed by atoms with Crippen LogP contribution in [0.2, 0.25) is 4.34 Å². The minimum Gasteiger partial charge on any atom is -0.338 e. The molecule has 126 valence electrons. The highest BCUT2D eigenvalue weighted by molar-refractivity contribution is 7.17. The lowest BCUT2D eigenvalue weighted by atomic mass is 9.82. The molecule has 1 aliphatic rings. The molecule has 9 heteroatoms. The summed E-state index contributed by atoms with van der Waals surface area (Å²) in [6.45, 7) is 0. The van der Waals surface area contributed by atoms with E-state index in [-0.39, 0.29) is 5.92 Å². The molecule has 0 fully saturated rings. The summed E-state index contributed by atoms with van der Waals surface area (Å²) in [6, 6.07) is 11.7. The molecule has 3 aromatic heterocycles. The van der Waals surface area contributed by atoms with Crippen LogP contribution in [0.1, 0.15) is 21.9 Å². The summed E-state index contributed by atoms with van der Waals surface area (Å²) in [5, 5.41) is 28.3. The van der Waals surface area contributed by atoms with Gasteiger partial charge in [-0.3, -0.25) is 5.10 Å². The van der Waals surface area contributed by atoms with Gasteiger partial charge in [0.2, 0.25) is 0 Å². The quantitative estimate of drug-likeness (QED) is 0.541. The van der Waals surface area contributed by atoms with E-state index in [0.717, 1.165) is 21.8 Å². The summed E-state index contributed by atoms with van der Waals surface area (Å²) >= 11 is 7.51. The fourth-order valence-electron chi connectivity index (χ4n) is 3.25. The van der Waals surface area contributed by atoms with Gasteiger partial charge in [-0.25, -0.2) is 4.63 Å². The molecule has 0 aliphatic carbocycles. The second kappa shape index (κ2) is 5.69. The summed E-state index contributed by atoms with van der Waals surface area (Å²) in [5.41, 5.74) is 4.24. The molecule has 0 saturated carbocycles. The number of nitrogens with zero attached hydrogens (tertiary/aromatic N) is 4. The van der Waals surface area contributed by atoms with Gasteiger partial charge in [-0.1, -0.05) is 23.7 Å². The number of halogens is 1. The Hall–Kier alpha value is -3.15. The third kappa shape index (κ3) is 2.15. The van der Waals surface area contributed by atoms with Crippen LogP contribution in [0.25, 0.3) is 16.7 Å². The summed E-state index contributed by atoms with van der Waals surface area (Å²) in [6.07, 6.45) is 1.72. The number of H-pyrrole nitrogens is 1. The normalized spacial score (nSPS) is 16.4. The molecular formula is C17H9ClN6OS. The highest BCUT2D eigenvalue weighted by atomic mass is 35.5. The minimum absolute atomic E-state index is 0.346. The zero-order chi connectivity index (χ0) is 17.7. The summed E-state index contributed by atoms with van der Waals surface area (Å²) < 4.78 is 5.55. The van der Waals surface area contributed by atoms with Crippen LogP contribution < -0.4 is 5.32 Å². The first-order valence-electron chi connectivity index (χ1n) is 7.67. The molecule has 2 N–H and O–H groups in total. The Morgan fingerprint density at radius 2 is 2.12 bits per heavy atom. The molecule has 1 atom stereocenters. The van der Waals surface area contributed by atoms with E-state index in [1.807, 2.05) is 30.3 Å². The SMILES string of the molecule is N#CC1=C(c2ccc(Cl)s2)Nc2[nH]ncc2C1c1cccc2nonc12. The lowest BCUT2D eigenvalue weighted by molar-refractivity contribution is 0.315. The predicted octanol–water partition coefficient (Wildman–Crippen LogP) is 4.15. The number of aromatic amines is 1. The van der Waals surface area contributed by atoms with Crippen molar-refractivity contribution in [3.05, 3.63) is 62.4 Å². The number of thiophene rings is 1. The number of hydrogen-bond acceptors (Lipinski definition) is 7. The maximum Gasteiger partial charge on any atom is 0.139 e. The van der Waals surface area contributed by atoms with Gasteiger partial charge in [-0.15, -0.1) is 11.3 Å². The van der Waals surface area contributed by atoms with Crippen molar-refractivity contribution in [2.45, 2.75) is 5.92 Å². The Bertz CT molecular complexity index is 1210. The van der Waals surface area contributed by atoms with Crippen LogP contribution in [0.4, 0.5) is 5.82 Å². The molecule has 0 bridgehead atoms. The third-order valence-electron chi connectivity index (χ3n) is 4.36. The van der Waals surface area contributed by atoms with Crippen LogP contribution in [-0.2, 0) is 0 Å². The number of aromatic nitrogens is 4. The average Bonchev–Trinajstić information content (AvgIpc) is 3.39. The zero-order valence-corrected chi connectivity index (χ0v) is 14.6. The lowest BCUT2D eigenvalue weighted by Gasteiger charge is -2.25. The third-order valence-corrected chi connectivity index (χ3v) is 5.60. The van der Waals surface area contributed by atoms with Gasteiger partial charge >= 0.3 is 0 Å². The van der Waals surface area contributed by atoms with Crippen LogP contribution in [0.5, 0.6) is 0 Å². The van der Waals surface area contributed by atoms with Gasteiger partial charge < -0.3 is 5.32 Å². The molecule has 0 saturated heterocycles. The number of allylic oxidation sites excluding steroid dienone is 1. The molecule has 7 nitrogen and oxygen atoms in total. The zero-order valence-electron chi connectivity index (χ0n) is 13.0. The number of nitriles is 1. The number of benzene rings is 1. The number of fused-ring (bicyclic) bond motifs is 2. The van der Waals surface area contributed by atoms with Gasteiger partial charge in [0.1, 0.15) is 16.9 Å². The molecule has 1 aliphatic heterocycles. The Kier molecular flexibility index (Phi) is 3.31. The topological polar surface area (TPSA) is 103 Å². The standard InChI is InChI=1S/C17H9ClN6OS/c18-13-5-4-12(26-13)16-9(6-19)14(10-7-20-22-17(10)21-16)8-2-1-3-11-15(8)24-25-23-11/h1-5,7,14H,(H2,20,21,22). The van der Waals surface area contributed by atoms with Crippen molar-refractivity contribution in [1.29, 1.82) is 5.26 Å². The molecule has 26 heavy (non-hydrogen) atoms. The van der Waals surface area contributed by atoms with Crippen molar-refractivity contribution in [3.8, 4) is 6.07 Å². The maximum atomic E-state index is 9.98.